The van der Waals surface area contributed by atoms with Crippen molar-refractivity contribution in [3.63, 3.8) is 0 Å². The summed E-state index contributed by atoms with van der Waals surface area (Å²) in [5, 5.41) is 0. The third-order valence-corrected chi connectivity index (χ3v) is 7.33. The van der Waals surface area contributed by atoms with Gasteiger partial charge in [-0.3, -0.25) is 0 Å². The summed E-state index contributed by atoms with van der Waals surface area (Å²) in [5.41, 5.74) is 0. The van der Waals surface area contributed by atoms with Gasteiger partial charge in [-0.15, -0.1) is 0 Å². The van der Waals surface area contributed by atoms with Crippen molar-refractivity contribution in [2.75, 3.05) is 19.8 Å². The maximum atomic E-state index is 6.07. The van der Waals surface area contributed by atoms with Crippen LogP contribution in [0.1, 0.15) is 101 Å². The van der Waals surface area contributed by atoms with Gasteiger partial charge in [0.05, 0.1) is 0 Å². The van der Waals surface area contributed by atoms with Gasteiger partial charge in [-0.25, -0.2) is 0 Å². The summed E-state index contributed by atoms with van der Waals surface area (Å²) in [5.74, 6) is 2.30. The zero-order valence-electron chi connectivity index (χ0n) is 20.0. The van der Waals surface area contributed by atoms with Crippen LogP contribution in [0.25, 0.3) is 0 Å². The van der Waals surface area contributed by atoms with E-state index in [1.165, 1.54) is 38.5 Å². The molecular formula is C21H46AlLiO3. The van der Waals surface area contributed by atoms with E-state index in [9.17, 15) is 0 Å². The Hall–Kier alpha value is 1.01. The topological polar surface area (TPSA) is 27.7 Å². The molecule has 0 aromatic carbocycles. The average Bonchev–Trinajstić information content (AvgIpc) is 2.65. The molecule has 0 aromatic heterocycles. The van der Waals surface area contributed by atoms with Gasteiger partial charge in [-0.2, -0.15) is 0 Å². The van der Waals surface area contributed by atoms with Crippen molar-refractivity contribution < 1.29 is 31.7 Å². The van der Waals surface area contributed by atoms with Crippen LogP contribution in [0.5, 0.6) is 0 Å². The van der Waals surface area contributed by atoms with Crippen molar-refractivity contribution in [2.45, 2.75) is 99.3 Å². The summed E-state index contributed by atoms with van der Waals surface area (Å²) in [6.45, 7) is 16.0. The van der Waals surface area contributed by atoms with Gasteiger partial charge in [-0.05, 0) is 37.0 Å². The largest absolute Gasteiger partial charge is 1.00 e. The van der Waals surface area contributed by atoms with Gasteiger partial charge in [0, 0.05) is 19.8 Å². The van der Waals surface area contributed by atoms with Crippen molar-refractivity contribution in [3.8, 4) is 0 Å². The molecule has 0 amide bonds. The fourth-order valence-corrected chi connectivity index (χ4v) is 4.50. The van der Waals surface area contributed by atoms with E-state index in [1.807, 2.05) is 0 Å². The van der Waals surface area contributed by atoms with Crippen molar-refractivity contribution in [3.05, 3.63) is 0 Å². The van der Waals surface area contributed by atoms with Crippen molar-refractivity contribution >= 4 is 15.1 Å². The van der Waals surface area contributed by atoms with Gasteiger partial charge in [0.25, 0.3) is 0 Å². The maximum Gasteiger partial charge on any atom is 1.00 e. The average molecular weight is 381 g/mol. The van der Waals surface area contributed by atoms with Gasteiger partial charge in [0.15, 0.2) is 0 Å². The van der Waals surface area contributed by atoms with Gasteiger partial charge < -0.3 is 12.8 Å². The van der Waals surface area contributed by atoms with E-state index < -0.39 is 15.1 Å². The molecule has 0 atom stereocenters. The summed E-state index contributed by atoms with van der Waals surface area (Å²) >= 11 is -1.98. The Morgan fingerprint density at radius 2 is 0.769 bits per heavy atom. The summed E-state index contributed by atoms with van der Waals surface area (Å²) in [7, 11) is 0. The minimum atomic E-state index is -1.98. The second-order valence-electron chi connectivity index (χ2n) is 7.31. The molecule has 0 radical (unpaired) electrons. The quantitative estimate of drug-likeness (QED) is 0.340. The smallest absolute Gasteiger partial charge is 1.00 e. The van der Waals surface area contributed by atoms with E-state index in [1.54, 1.807) is 0 Å². The normalized spacial score (nSPS) is 11.4. The summed E-state index contributed by atoms with van der Waals surface area (Å²) < 4.78 is 18.2. The molecule has 152 valence electrons. The fourth-order valence-electron chi connectivity index (χ4n) is 3.23. The SMILES string of the molecule is CCC(CC)CC[O][Al]([O]CCC(CC)CC)[O]CCC(CC)CC.[H-].[Li+]. The molecule has 0 aromatic rings. The Kier molecular flexibility index (Phi) is 23.3. The Morgan fingerprint density at radius 1 is 0.538 bits per heavy atom. The minimum absolute atomic E-state index is 0. The van der Waals surface area contributed by atoms with Gasteiger partial charge >= 0.3 is 34.0 Å². The van der Waals surface area contributed by atoms with E-state index in [2.05, 4.69) is 41.5 Å². The molecule has 0 saturated carbocycles. The number of hydrogen-bond donors (Lipinski definition) is 0. The van der Waals surface area contributed by atoms with Gasteiger partial charge in [0.2, 0.25) is 0 Å². The molecule has 3 nitrogen and oxygen atoms in total. The van der Waals surface area contributed by atoms with E-state index in [0.29, 0.717) is 0 Å². The second-order valence-corrected chi connectivity index (χ2v) is 8.89. The molecule has 0 aliphatic rings. The molecule has 0 rings (SSSR count). The maximum absolute atomic E-state index is 6.07. The summed E-state index contributed by atoms with van der Waals surface area (Å²) in [6.07, 6.45) is 10.8. The van der Waals surface area contributed by atoms with Crippen LogP contribution >= 0.6 is 0 Å². The predicted molar refractivity (Wildman–Crippen MR) is 111 cm³/mol. The Balaban J connectivity index is -0.00000288. The van der Waals surface area contributed by atoms with Gasteiger partial charge in [0.1, 0.15) is 0 Å². The van der Waals surface area contributed by atoms with Crippen LogP contribution in [0, 0.1) is 17.8 Å². The third-order valence-electron chi connectivity index (χ3n) is 5.80. The first-order valence-electron chi connectivity index (χ1n) is 11.0. The molecule has 0 fully saturated rings. The fraction of sp³-hybridized carbons (Fsp3) is 1.00. The summed E-state index contributed by atoms with van der Waals surface area (Å²) in [6, 6.07) is 0. The third kappa shape index (κ3) is 15.0. The molecule has 0 aliphatic heterocycles. The van der Waals surface area contributed by atoms with Crippen molar-refractivity contribution in [1.29, 1.82) is 0 Å². The van der Waals surface area contributed by atoms with Crippen LogP contribution in [0.3, 0.4) is 0 Å². The first-order chi connectivity index (χ1) is 12.1. The molecule has 0 N–H and O–H groups in total. The Labute approximate surface area is 183 Å². The first kappa shape index (κ1) is 29.2. The molecule has 0 aliphatic carbocycles. The summed E-state index contributed by atoms with van der Waals surface area (Å²) in [4.78, 5) is 0. The predicted octanol–water partition coefficient (Wildman–Crippen LogP) is 3.62. The van der Waals surface area contributed by atoms with Crippen molar-refractivity contribution in [1.82, 2.24) is 0 Å². The standard InChI is InChI=1S/3C7H15O.Al.Li.H/c3*1-3-7(4-2)5-6-8;;;/h3*7H,3-6H2,1-2H3;;;/q3*-1;+3;+1;-1. The molecular weight excluding hydrogens is 334 g/mol. The van der Waals surface area contributed by atoms with Crippen LogP contribution in [0.15, 0.2) is 0 Å². The van der Waals surface area contributed by atoms with E-state index in [4.69, 9.17) is 11.4 Å². The van der Waals surface area contributed by atoms with E-state index >= 15 is 0 Å². The molecule has 26 heavy (non-hydrogen) atoms. The van der Waals surface area contributed by atoms with Crippen LogP contribution in [-0.2, 0) is 11.4 Å². The number of rotatable bonds is 18. The van der Waals surface area contributed by atoms with Crippen LogP contribution in [0.4, 0.5) is 0 Å². The van der Waals surface area contributed by atoms with Crippen LogP contribution in [-0.4, -0.2) is 35.0 Å². The van der Waals surface area contributed by atoms with E-state index in [-0.39, 0.29) is 20.3 Å². The molecule has 0 saturated heterocycles. The van der Waals surface area contributed by atoms with Gasteiger partial charge in [-0.1, -0.05) is 80.1 Å². The Bertz CT molecular complexity index is 233. The molecule has 0 bridgehead atoms. The molecule has 5 heteroatoms. The Morgan fingerprint density at radius 3 is 0.962 bits per heavy atom. The zero-order valence-corrected chi connectivity index (χ0v) is 20.2. The first-order valence-corrected chi connectivity index (χ1v) is 12.4. The number of hydrogen-bond acceptors (Lipinski definition) is 3. The second kappa shape index (κ2) is 20.7. The van der Waals surface area contributed by atoms with Crippen molar-refractivity contribution in [2.24, 2.45) is 17.8 Å². The monoisotopic (exact) mass is 380 g/mol. The minimum Gasteiger partial charge on any atom is -1.00 e. The van der Waals surface area contributed by atoms with E-state index in [0.717, 1.165) is 56.8 Å². The van der Waals surface area contributed by atoms with Crippen LogP contribution < -0.4 is 18.9 Å². The molecule has 0 heterocycles. The molecule has 0 unspecified atom stereocenters. The zero-order chi connectivity index (χ0) is 18.9. The molecule has 0 spiro atoms. The van der Waals surface area contributed by atoms with Crippen LogP contribution in [0.2, 0.25) is 0 Å².